The van der Waals surface area contributed by atoms with Crippen LogP contribution < -0.4 is 16.6 Å². The molecule has 0 aromatic heterocycles. The molecule has 0 rings (SSSR count). The number of hydrogen-bond acceptors (Lipinski definition) is 4. The highest BCUT2D eigenvalue weighted by Gasteiger charge is 1.95. The predicted octanol–water partition coefficient (Wildman–Crippen LogP) is 0.639. The van der Waals surface area contributed by atoms with E-state index < -0.39 is 0 Å². The van der Waals surface area contributed by atoms with E-state index in [9.17, 15) is 0 Å². The van der Waals surface area contributed by atoms with Gasteiger partial charge in [0.05, 0.1) is 0 Å². The van der Waals surface area contributed by atoms with Gasteiger partial charge in [-0.2, -0.15) is 0 Å². The Balaban J connectivity index is 3.43. The molecule has 0 aromatic rings. The van der Waals surface area contributed by atoms with Crippen molar-refractivity contribution in [2.24, 2.45) is 10.8 Å². The molecular weight excluding hydrogens is 232 g/mol. The van der Waals surface area contributed by atoms with E-state index in [0.717, 1.165) is 39.0 Å². The van der Waals surface area contributed by atoms with Crippen molar-refractivity contribution in [2.75, 3.05) is 40.0 Å². The molecule has 18 heavy (non-hydrogen) atoms. The van der Waals surface area contributed by atoms with Crippen LogP contribution in [0, 0.1) is 0 Å². The number of nitrogens with one attached hydrogen (secondary N) is 2. The van der Waals surface area contributed by atoms with Gasteiger partial charge in [-0.3, -0.25) is 10.4 Å². The summed E-state index contributed by atoms with van der Waals surface area (Å²) in [5.41, 5.74) is 2.55. The third kappa shape index (κ3) is 11.6. The van der Waals surface area contributed by atoms with Gasteiger partial charge in [0.25, 0.3) is 0 Å². The van der Waals surface area contributed by atoms with Crippen LogP contribution in [0.1, 0.15) is 32.6 Å². The van der Waals surface area contributed by atoms with E-state index in [4.69, 9.17) is 15.3 Å². The Morgan fingerprint density at radius 3 is 2.61 bits per heavy atom. The first-order chi connectivity index (χ1) is 8.85. The standard InChI is InChI=1S/C12H28N4O2/c1-3-4-10-18-11-6-8-15-12(16-13)14-7-5-9-17-2/h3-11,13H2,1-2H3,(H2,14,15,16). The molecule has 0 spiro atoms. The number of hydrazine groups is 1. The molecule has 0 heterocycles. The summed E-state index contributed by atoms with van der Waals surface area (Å²) in [7, 11) is 1.68. The first-order valence-corrected chi connectivity index (χ1v) is 6.66. The Bertz CT molecular complexity index is 201. The largest absolute Gasteiger partial charge is 0.385 e. The van der Waals surface area contributed by atoms with Gasteiger partial charge < -0.3 is 14.8 Å². The molecule has 0 aliphatic carbocycles. The number of nitrogens with two attached hydrogens (primary N) is 1. The van der Waals surface area contributed by atoms with Crippen LogP contribution in [-0.4, -0.2) is 46.0 Å². The minimum Gasteiger partial charge on any atom is -0.385 e. The van der Waals surface area contributed by atoms with Crippen molar-refractivity contribution in [3.05, 3.63) is 0 Å². The van der Waals surface area contributed by atoms with Crippen LogP contribution in [0.3, 0.4) is 0 Å². The quantitative estimate of drug-likeness (QED) is 0.167. The fraction of sp³-hybridized carbons (Fsp3) is 0.917. The third-order valence-electron chi connectivity index (χ3n) is 2.31. The molecule has 0 unspecified atom stereocenters. The van der Waals surface area contributed by atoms with E-state index in [2.05, 4.69) is 22.7 Å². The fourth-order valence-corrected chi connectivity index (χ4v) is 1.28. The molecule has 0 amide bonds. The van der Waals surface area contributed by atoms with E-state index in [1.807, 2.05) is 0 Å². The zero-order chi connectivity index (χ0) is 13.5. The van der Waals surface area contributed by atoms with E-state index in [1.165, 1.54) is 6.42 Å². The van der Waals surface area contributed by atoms with E-state index in [0.29, 0.717) is 19.1 Å². The molecule has 0 atom stereocenters. The van der Waals surface area contributed by atoms with Crippen molar-refractivity contribution in [2.45, 2.75) is 32.6 Å². The summed E-state index contributed by atoms with van der Waals surface area (Å²) in [4.78, 5) is 4.28. The highest BCUT2D eigenvalue weighted by molar-refractivity contribution is 5.79. The average Bonchev–Trinajstić information content (AvgIpc) is 2.40. The summed E-state index contributed by atoms with van der Waals surface area (Å²) in [5, 5.41) is 3.13. The Labute approximate surface area is 110 Å². The monoisotopic (exact) mass is 260 g/mol. The van der Waals surface area contributed by atoms with Crippen molar-refractivity contribution < 1.29 is 9.47 Å². The van der Waals surface area contributed by atoms with E-state index in [-0.39, 0.29) is 0 Å². The first kappa shape index (κ1) is 17.2. The van der Waals surface area contributed by atoms with Crippen molar-refractivity contribution in [3.63, 3.8) is 0 Å². The van der Waals surface area contributed by atoms with Crippen LogP contribution in [-0.2, 0) is 9.47 Å². The minimum atomic E-state index is 0.625. The second-order valence-corrected chi connectivity index (χ2v) is 3.97. The molecule has 0 saturated heterocycles. The zero-order valence-corrected chi connectivity index (χ0v) is 11.7. The SMILES string of the molecule is CCCCOCCCNC(=NCCCOC)NN. The van der Waals surface area contributed by atoms with Gasteiger partial charge in [0, 0.05) is 40.0 Å². The number of guanidine groups is 1. The maximum Gasteiger partial charge on any atom is 0.205 e. The first-order valence-electron chi connectivity index (χ1n) is 6.66. The van der Waals surface area contributed by atoms with Gasteiger partial charge in [-0.15, -0.1) is 0 Å². The lowest BCUT2D eigenvalue weighted by Crippen LogP contribution is -2.42. The number of methoxy groups -OCH3 is 1. The zero-order valence-electron chi connectivity index (χ0n) is 11.7. The highest BCUT2D eigenvalue weighted by Crippen LogP contribution is 1.89. The second kappa shape index (κ2) is 14.2. The molecule has 108 valence electrons. The molecule has 0 fully saturated rings. The highest BCUT2D eigenvalue weighted by atomic mass is 16.5. The molecule has 0 radical (unpaired) electrons. The van der Waals surface area contributed by atoms with Crippen molar-refractivity contribution in [1.29, 1.82) is 0 Å². The normalized spacial score (nSPS) is 11.6. The Kier molecular flexibility index (Phi) is 13.5. The van der Waals surface area contributed by atoms with Crippen LogP contribution in [0.5, 0.6) is 0 Å². The molecule has 0 aromatic carbocycles. The molecule has 0 bridgehead atoms. The minimum absolute atomic E-state index is 0.625. The summed E-state index contributed by atoms with van der Waals surface area (Å²) in [5.74, 6) is 5.99. The number of ether oxygens (including phenoxy) is 2. The summed E-state index contributed by atoms with van der Waals surface area (Å²) in [6, 6.07) is 0. The van der Waals surface area contributed by atoms with Gasteiger partial charge in [0.1, 0.15) is 0 Å². The topological polar surface area (TPSA) is 80.9 Å². The lowest BCUT2D eigenvalue weighted by Gasteiger charge is -2.09. The van der Waals surface area contributed by atoms with Crippen molar-refractivity contribution in [1.82, 2.24) is 10.7 Å². The molecule has 0 aliphatic rings. The van der Waals surface area contributed by atoms with Crippen molar-refractivity contribution in [3.8, 4) is 0 Å². The summed E-state index contributed by atoms with van der Waals surface area (Å²) in [6.45, 7) is 6.00. The molecular formula is C12H28N4O2. The number of unbranched alkanes of at least 4 members (excludes halogenated alkanes) is 1. The fourth-order valence-electron chi connectivity index (χ4n) is 1.28. The number of rotatable bonds is 11. The molecule has 4 N–H and O–H groups in total. The smallest absolute Gasteiger partial charge is 0.205 e. The Morgan fingerprint density at radius 1 is 1.17 bits per heavy atom. The van der Waals surface area contributed by atoms with Crippen LogP contribution in [0.2, 0.25) is 0 Å². The van der Waals surface area contributed by atoms with Gasteiger partial charge in [0.2, 0.25) is 5.96 Å². The number of hydrogen-bond donors (Lipinski definition) is 3. The van der Waals surface area contributed by atoms with Crippen molar-refractivity contribution >= 4 is 5.96 Å². The van der Waals surface area contributed by atoms with Gasteiger partial charge in [0.15, 0.2) is 0 Å². The van der Waals surface area contributed by atoms with Crippen LogP contribution in [0.4, 0.5) is 0 Å². The summed E-state index contributed by atoms with van der Waals surface area (Å²) < 4.78 is 10.4. The Morgan fingerprint density at radius 2 is 1.94 bits per heavy atom. The third-order valence-corrected chi connectivity index (χ3v) is 2.31. The van der Waals surface area contributed by atoms with Gasteiger partial charge in [-0.05, 0) is 19.3 Å². The average molecular weight is 260 g/mol. The van der Waals surface area contributed by atoms with Crippen LogP contribution >= 0.6 is 0 Å². The van der Waals surface area contributed by atoms with Gasteiger partial charge >= 0.3 is 0 Å². The maximum absolute atomic E-state index is 5.45. The predicted molar refractivity (Wildman–Crippen MR) is 74.5 cm³/mol. The lowest BCUT2D eigenvalue weighted by molar-refractivity contribution is 0.129. The Hall–Kier alpha value is -0.850. The molecule has 6 heteroatoms. The second-order valence-electron chi connectivity index (χ2n) is 3.97. The summed E-state index contributed by atoms with van der Waals surface area (Å²) in [6.07, 6.45) is 4.14. The van der Waals surface area contributed by atoms with E-state index in [1.54, 1.807) is 7.11 Å². The van der Waals surface area contributed by atoms with Crippen LogP contribution in [0.25, 0.3) is 0 Å². The van der Waals surface area contributed by atoms with Gasteiger partial charge in [-0.1, -0.05) is 13.3 Å². The number of nitrogens with zero attached hydrogens (tertiary/aromatic N) is 1. The molecule has 6 nitrogen and oxygen atoms in total. The summed E-state index contributed by atoms with van der Waals surface area (Å²) >= 11 is 0. The van der Waals surface area contributed by atoms with Gasteiger partial charge in [-0.25, -0.2) is 5.84 Å². The maximum atomic E-state index is 5.45. The molecule has 0 saturated carbocycles. The molecule has 0 aliphatic heterocycles. The number of aliphatic imine (C=N–C) groups is 1. The van der Waals surface area contributed by atoms with Crippen LogP contribution in [0.15, 0.2) is 4.99 Å². The lowest BCUT2D eigenvalue weighted by atomic mass is 10.4. The van der Waals surface area contributed by atoms with E-state index >= 15 is 0 Å².